The topological polar surface area (TPSA) is 86.8 Å². The van der Waals surface area contributed by atoms with Crippen LogP contribution >= 0.6 is 11.6 Å². The van der Waals surface area contributed by atoms with Gasteiger partial charge in [-0.15, -0.1) is 0 Å². The van der Waals surface area contributed by atoms with Crippen molar-refractivity contribution in [1.29, 1.82) is 0 Å². The van der Waals surface area contributed by atoms with Crippen molar-refractivity contribution >= 4 is 39.1 Å². The van der Waals surface area contributed by atoms with Crippen LogP contribution < -0.4 is 9.62 Å². The summed E-state index contributed by atoms with van der Waals surface area (Å²) in [7, 11) is -4.22. The highest BCUT2D eigenvalue weighted by atomic mass is 35.5. The van der Waals surface area contributed by atoms with Gasteiger partial charge in [-0.2, -0.15) is 0 Å². The molecule has 3 aromatic carbocycles. The Morgan fingerprint density at radius 2 is 1.59 bits per heavy atom. The first kappa shape index (κ1) is 30.1. The van der Waals surface area contributed by atoms with Gasteiger partial charge < -0.3 is 10.2 Å². The highest BCUT2D eigenvalue weighted by molar-refractivity contribution is 7.92. The number of rotatable bonds is 11. The van der Waals surface area contributed by atoms with Crippen molar-refractivity contribution in [2.75, 3.05) is 10.8 Å². The first-order chi connectivity index (χ1) is 18.4. The number of benzene rings is 3. The van der Waals surface area contributed by atoms with Gasteiger partial charge in [-0.25, -0.2) is 12.8 Å². The standard InChI is InChI=1S/C29H33ClFN3O4S/c1-5-21(3)32-29(36)22(4)33(18-23-11-7-8-12-26(23)31)28(35)19-34(27-13-9-6-10-20(27)2)39(37,38)25-16-14-24(30)15-17-25/h6-17,21-22H,5,18-19H2,1-4H3,(H,32,36)/t21-,22-/m0/s1. The molecular formula is C29H33ClFN3O4S. The number of carbonyl (C=O) groups is 2. The minimum absolute atomic E-state index is 0.0498. The summed E-state index contributed by atoms with van der Waals surface area (Å²) in [6, 6.07) is 17.3. The van der Waals surface area contributed by atoms with E-state index in [-0.39, 0.29) is 23.0 Å². The van der Waals surface area contributed by atoms with Gasteiger partial charge in [0.25, 0.3) is 10.0 Å². The van der Waals surface area contributed by atoms with Crippen LogP contribution in [-0.2, 0) is 26.2 Å². The minimum Gasteiger partial charge on any atom is -0.352 e. The average molecular weight is 574 g/mol. The number of hydrogen-bond acceptors (Lipinski definition) is 4. The summed E-state index contributed by atoms with van der Waals surface area (Å²) in [5, 5.41) is 3.22. The van der Waals surface area contributed by atoms with Gasteiger partial charge in [0.05, 0.1) is 10.6 Å². The van der Waals surface area contributed by atoms with Crippen LogP contribution in [0.2, 0.25) is 5.02 Å². The average Bonchev–Trinajstić information content (AvgIpc) is 2.91. The molecule has 0 aromatic heterocycles. The quantitative estimate of drug-likeness (QED) is 0.337. The lowest BCUT2D eigenvalue weighted by Crippen LogP contribution is -2.52. The molecule has 0 aliphatic rings. The minimum atomic E-state index is -4.22. The second-order valence-corrected chi connectivity index (χ2v) is 11.7. The lowest BCUT2D eigenvalue weighted by atomic mass is 10.1. The third-order valence-electron chi connectivity index (χ3n) is 6.53. The van der Waals surface area contributed by atoms with Crippen LogP contribution in [0, 0.1) is 12.7 Å². The molecule has 0 aliphatic carbocycles. The van der Waals surface area contributed by atoms with Gasteiger partial charge in [0.15, 0.2) is 0 Å². The molecule has 0 bridgehead atoms. The van der Waals surface area contributed by atoms with Crippen molar-refractivity contribution in [2.24, 2.45) is 0 Å². The third-order valence-corrected chi connectivity index (χ3v) is 8.56. The summed E-state index contributed by atoms with van der Waals surface area (Å²) in [5.74, 6) is -1.61. The third kappa shape index (κ3) is 7.36. The van der Waals surface area contributed by atoms with Crippen molar-refractivity contribution < 1.29 is 22.4 Å². The first-order valence-electron chi connectivity index (χ1n) is 12.6. The van der Waals surface area contributed by atoms with Crippen molar-refractivity contribution in [3.8, 4) is 0 Å². The molecule has 0 aliphatic heterocycles. The number of nitrogens with one attached hydrogen (secondary N) is 1. The Balaban J connectivity index is 2.05. The zero-order valence-electron chi connectivity index (χ0n) is 22.4. The summed E-state index contributed by atoms with van der Waals surface area (Å²) in [5.41, 5.74) is 1.14. The van der Waals surface area contributed by atoms with Crippen LogP contribution in [0.1, 0.15) is 38.3 Å². The van der Waals surface area contributed by atoms with Crippen LogP contribution in [0.4, 0.5) is 10.1 Å². The molecule has 7 nitrogen and oxygen atoms in total. The van der Waals surface area contributed by atoms with Gasteiger partial charge in [-0.1, -0.05) is 54.9 Å². The fraction of sp³-hybridized carbons (Fsp3) is 0.310. The Labute approximate surface area is 234 Å². The van der Waals surface area contributed by atoms with Gasteiger partial charge in [0.2, 0.25) is 11.8 Å². The van der Waals surface area contributed by atoms with Crippen molar-refractivity contribution in [3.63, 3.8) is 0 Å². The van der Waals surface area contributed by atoms with E-state index in [0.29, 0.717) is 22.7 Å². The molecule has 2 amide bonds. The zero-order chi connectivity index (χ0) is 28.7. The van der Waals surface area contributed by atoms with Crippen molar-refractivity contribution in [3.05, 3.63) is 94.8 Å². The molecule has 10 heteroatoms. The number of anilines is 1. The summed E-state index contributed by atoms with van der Waals surface area (Å²) in [6.45, 7) is 6.21. The van der Waals surface area contributed by atoms with E-state index in [4.69, 9.17) is 11.6 Å². The largest absolute Gasteiger partial charge is 0.352 e. The van der Waals surface area contributed by atoms with Gasteiger partial charge in [0, 0.05) is 23.2 Å². The number of halogens is 2. The smallest absolute Gasteiger partial charge is 0.264 e. The number of nitrogens with zero attached hydrogens (tertiary/aromatic N) is 2. The van der Waals surface area contributed by atoms with Crippen LogP contribution in [0.15, 0.2) is 77.7 Å². The van der Waals surface area contributed by atoms with Crippen molar-refractivity contribution in [2.45, 2.75) is 57.6 Å². The molecule has 0 fully saturated rings. The molecule has 0 unspecified atom stereocenters. The Bertz CT molecular complexity index is 1420. The molecule has 0 saturated carbocycles. The predicted molar refractivity (Wildman–Crippen MR) is 151 cm³/mol. The number of aryl methyl sites for hydroxylation is 1. The molecule has 208 valence electrons. The van der Waals surface area contributed by atoms with Gasteiger partial charge in [0.1, 0.15) is 18.4 Å². The van der Waals surface area contributed by atoms with Gasteiger partial charge >= 0.3 is 0 Å². The number of amides is 2. The van der Waals surface area contributed by atoms with E-state index in [0.717, 1.165) is 4.31 Å². The molecule has 0 heterocycles. The number of para-hydroxylation sites is 1. The summed E-state index contributed by atoms with van der Waals surface area (Å²) in [4.78, 5) is 28.1. The van der Waals surface area contributed by atoms with Crippen LogP contribution in [0.5, 0.6) is 0 Å². The molecule has 2 atom stereocenters. The molecule has 3 aromatic rings. The number of carbonyl (C=O) groups excluding carboxylic acids is 2. The number of sulfonamides is 1. The first-order valence-corrected chi connectivity index (χ1v) is 14.4. The van der Waals surface area contributed by atoms with Crippen LogP contribution in [0.3, 0.4) is 0 Å². The van der Waals surface area contributed by atoms with E-state index >= 15 is 0 Å². The SMILES string of the molecule is CC[C@H](C)NC(=O)[C@H](C)N(Cc1ccccc1F)C(=O)CN(c1ccccc1C)S(=O)(=O)c1ccc(Cl)cc1. The Kier molecular flexibility index (Phi) is 10.1. The lowest BCUT2D eigenvalue weighted by molar-refractivity contribution is -0.139. The molecule has 39 heavy (non-hydrogen) atoms. The summed E-state index contributed by atoms with van der Waals surface area (Å²) in [6.07, 6.45) is 0.681. The van der Waals surface area contributed by atoms with E-state index in [1.807, 2.05) is 13.8 Å². The normalized spacial score (nSPS) is 12.9. The maximum Gasteiger partial charge on any atom is 0.264 e. The van der Waals surface area contributed by atoms with E-state index in [9.17, 15) is 22.4 Å². The summed E-state index contributed by atoms with van der Waals surface area (Å²) >= 11 is 5.97. The maximum absolute atomic E-state index is 14.6. The van der Waals surface area contributed by atoms with E-state index in [1.165, 1.54) is 47.4 Å². The second-order valence-electron chi connectivity index (χ2n) is 9.36. The van der Waals surface area contributed by atoms with E-state index in [2.05, 4.69) is 5.32 Å². The Morgan fingerprint density at radius 1 is 0.974 bits per heavy atom. The predicted octanol–water partition coefficient (Wildman–Crippen LogP) is 5.31. The fourth-order valence-electron chi connectivity index (χ4n) is 3.95. The molecule has 0 radical (unpaired) electrons. The second kappa shape index (κ2) is 13.1. The Hall–Kier alpha value is -3.43. The zero-order valence-corrected chi connectivity index (χ0v) is 24.0. The molecular weight excluding hydrogens is 541 g/mol. The van der Waals surface area contributed by atoms with Crippen LogP contribution in [-0.4, -0.2) is 43.8 Å². The number of hydrogen-bond donors (Lipinski definition) is 1. The molecule has 0 spiro atoms. The van der Waals surface area contributed by atoms with Crippen LogP contribution in [0.25, 0.3) is 0 Å². The Morgan fingerprint density at radius 3 is 2.21 bits per heavy atom. The highest BCUT2D eigenvalue weighted by Crippen LogP contribution is 2.28. The maximum atomic E-state index is 14.6. The van der Waals surface area contributed by atoms with E-state index in [1.54, 1.807) is 44.2 Å². The lowest BCUT2D eigenvalue weighted by Gasteiger charge is -2.33. The highest BCUT2D eigenvalue weighted by Gasteiger charge is 2.33. The molecule has 0 saturated heterocycles. The van der Waals surface area contributed by atoms with Gasteiger partial charge in [-0.05, 0) is 69.2 Å². The van der Waals surface area contributed by atoms with Crippen molar-refractivity contribution in [1.82, 2.24) is 10.2 Å². The fourth-order valence-corrected chi connectivity index (χ4v) is 5.55. The summed E-state index contributed by atoms with van der Waals surface area (Å²) < 4.78 is 43.3. The van der Waals surface area contributed by atoms with E-state index < -0.39 is 40.2 Å². The molecule has 3 rings (SSSR count). The van der Waals surface area contributed by atoms with Gasteiger partial charge in [-0.3, -0.25) is 13.9 Å². The monoisotopic (exact) mass is 573 g/mol. The molecule has 1 N–H and O–H groups in total.